The Balaban J connectivity index is 1.24. The molecular formula is C49H47NO7S. The molecule has 1 aliphatic heterocycles. The van der Waals surface area contributed by atoms with Gasteiger partial charge < -0.3 is 23.7 Å². The summed E-state index contributed by atoms with van der Waals surface area (Å²) in [5.41, 5.74) is 6.16. The Kier molecular flexibility index (Phi) is 12.6. The second-order valence-corrected chi connectivity index (χ2v) is 16.4. The van der Waals surface area contributed by atoms with Crippen molar-refractivity contribution in [1.82, 2.24) is 3.97 Å². The quantitative estimate of drug-likeness (QED) is 0.0964. The molecule has 58 heavy (non-hydrogen) atoms. The third-order valence-corrected chi connectivity index (χ3v) is 12.2. The third kappa shape index (κ3) is 9.16. The number of benzene rings is 6. The van der Waals surface area contributed by atoms with Crippen LogP contribution < -0.4 is 0 Å². The topological polar surface area (TPSA) is 85.2 Å². The molecule has 1 fully saturated rings. The minimum absolute atomic E-state index is 0.182. The van der Waals surface area contributed by atoms with Gasteiger partial charge in [-0.05, 0) is 47.4 Å². The average Bonchev–Trinajstić information content (AvgIpc) is 3.67. The van der Waals surface area contributed by atoms with E-state index >= 15 is 0 Å². The van der Waals surface area contributed by atoms with E-state index in [-0.39, 0.29) is 24.7 Å². The summed E-state index contributed by atoms with van der Waals surface area (Å²) in [6.45, 7) is 3.34. The highest BCUT2D eigenvalue weighted by atomic mass is 32.2. The van der Waals surface area contributed by atoms with Gasteiger partial charge in [0.15, 0.2) is 0 Å². The zero-order chi connectivity index (χ0) is 39.7. The van der Waals surface area contributed by atoms with E-state index in [4.69, 9.17) is 23.7 Å². The molecule has 1 aromatic heterocycles. The minimum Gasteiger partial charge on any atom is -0.374 e. The number of hydrogen-bond donors (Lipinski definition) is 0. The summed E-state index contributed by atoms with van der Waals surface area (Å²) in [6, 6.07) is 54.4. The van der Waals surface area contributed by atoms with E-state index in [2.05, 4.69) is 0 Å². The van der Waals surface area contributed by atoms with Gasteiger partial charge in [0, 0.05) is 17.1 Å². The lowest BCUT2D eigenvalue weighted by atomic mass is 9.90. The van der Waals surface area contributed by atoms with Gasteiger partial charge in [-0.2, -0.15) is 0 Å². The summed E-state index contributed by atoms with van der Waals surface area (Å²) in [7, 11) is -4.00. The standard InChI is InChI=1S/C49H47NO7S/c1-36-26-28-41(29-27-36)58(51,52)50-30-43(42-24-14-15-25-44(42)50)46-48(55-33-39-20-10-4-11-21-39)49(56-34-40-22-12-5-13-23-40)47(54-32-38-18-8-3-9-19-38)45(57-46)35-53-31-37-16-6-2-7-17-37/h2-30,45-49H,31-35H2,1H3/t45-,46+,47-,48?,49?/m1/s1. The Hall–Kier alpha value is -5.39. The lowest BCUT2D eigenvalue weighted by Crippen LogP contribution is -2.58. The first-order valence-electron chi connectivity index (χ1n) is 19.6. The van der Waals surface area contributed by atoms with Gasteiger partial charge in [0.1, 0.15) is 30.5 Å². The molecule has 0 amide bonds. The van der Waals surface area contributed by atoms with Gasteiger partial charge in [-0.25, -0.2) is 12.4 Å². The first kappa shape index (κ1) is 39.4. The van der Waals surface area contributed by atoms with E-state index in [0.29, 0.717) is 24.3 Å². The zero-order valence-corrected chi connectivity index (χ0v) is 33.2. The van der Waals surface area contributed by atoms with Crippen molar-refractivity contribution in [1.29, 1.82) is 0 Å². The molecule has 0 spiro atoms. The van der Waals surface area contributed by atoms with Crippen molar-refractivity contribution in [2.45, 2.75) is 68.8 Å². The van der Waals surface area contributed by atoms with Gasteiger partial charge in [-0.3, -0.25) is 0 Å². The monoisotopic (exact) mass is 793 g/mol. The Labute approximate surface area is 340 Å². The van der Waals surface area contributed by atoms with Crippen LogP contribution in [0.1, 0.15) is 39.5 Å². The van der Waals surface area contributed by atoms with Crippen LogP contribution in [0.15, 0.2) is 181 Å². The predicted octanol–water partition coefficient (Wildman–Crippen LogP) is 9.60. The summed E-state index contributed by atoms with van der Waals surface area (Å²) < 4.78 is 64.6. The maximum Gasteiger partial charge on any atom is 0.268 e. The number of ether oxygens (including phenoxy) is 5. The Morgan fingerprint density at radius 3 is 1.55 bits per heavy atom. The SMILES string of the molecule is Cc1ccc(S(=O)(=O)n2cc([C@@H]3O[C@H](COCc4ccccc4)[C@@H](OCc4ccccc4)C(OCc4ccccc4)C3OCc3ccccc3)c3ccccc32)cc1. The molecule has 1 aliphatic rings. The zero-order valence-electron chi connectivity index (χ0n) is 32.4. The van der Waals surface area contributed by atoms with Crippen molar-refractivity contribution in [3.63, 3.8) is 0 Å². The molecule has 1 saturated heterocycles. The van der Waals surface area contributed by atoms with Crippen molar-refractivity contribution in [3.05, 3.63) is 209 Å². The molecule has 2 heterocycles. The fourth-order valence-electron chi connectivity index (χ4n) is 7.46. The van der Waals surface area contributed by atoms with Crippen molar-refractivity contribution >= 4 is 20.9 Å². The van der Waals surface area contributed by atoms with Gasteiger partial charge in [0.2, 0.25) is 0 Å². The van der Waals surface area contributed by atoms with E-state index in [1.165, 1.54) is 3.97 Å². The van der Waals surface area contributed by atoms with E-state index in [9.17, 15) is 8.42 Å². The van der Waals surface area contributed by atoms with Crippen LogP contribution in [-0.4, -0.2) is 43.4 Å². The molecule has 8 nitrogen and oxygen atoms in total. The molecule has 8 rings (SSSR count). The van der Waals surface area contributed by atoms with Crippen LogP contribution in [0.5, 0.6) is 0 Å². The largest absolute Gasteiger partial charge is 0.374 e. The summed E-state index contributed by atoms with van der Waals surface area (Å²) in [6.07, 6.45) is -1.79. The van der Waals surface area contributed by atoms with Crippen LogP contribution in [0.2, 0.25) is 0 Å². The maximum atomic E-state index is 14.4. The van der Waals surface area contributed by atoms with Crippen LogP contribution in [0.25, 0.3) is 10.9 Å². The smallest absolute Gasteiger partial charge is 0.268 e. The fourth-order valence-corrected chi connectivity index (χ4v) is 8.84. The fraction of sp³-hybridized carbons (Fsp3) is 0.224. The van der Waals surface area contributed by atoms with Crippen molar-refractivity contribution in [2.75, 3.05) is 6.61 Å². The van der Waals surface area contributed by atoms with Gasteiger partial charge in [-0.15, -0.1) is 0 Å². The molecule has 0 N–H and O–H groups in total. The van der Waals surface area contributed by atoms with Crippen LogP contribution >= 0.6 is 0 Å². The molecule has 0 bridgehead atoms. The number of rotatable bonds is 16. The highest BCUT2D eigenvalue weighted by Crippen LogP contribution is 2.42. The Morgan fingerprint density at radius 2 is 1.00 bits per heavy atom. The molecule has 7 aromatic rings. The molecule has 296 valence electrons. The van der Waals surface area contributed by atoms with Crippen LogP contribution in [0.4, 0.5) is 0 Å². The number of aromatic nitrogens is 1. The summed E-state index contributed by atoms with van der Waals surface area (Å²) in [4.78, 5) is 0.192. The molecule has 9 heteroatoms. The number of fused-ring (bicyclic) bond motifs is 1. The molecule has 0 radical (unpaired) electrons. The van der Waals surface area contributed by atoms with Crippen molar-refractivity contribution in [2.24, 2.45) is 0 Å². The molecule has 6 aromatic carbocycles. The van der Waals surface area contributed by atoms with Crippen LogP contribution in [0, 0.1) is 6.92 Å². The lowest BCUT2D eigenvalue weighted by Gasteiger charge is -2.46. The van der Waals surface area contributed by atoms with Gasteiger partial charge >= 0.3 is 0 Å². The van der Waals surface area contributed by atoms with E-state index in [1.54, 1.807) is 18.3 Å². The number of para-hydroxylation sites is 1. The maximum absolute atomic E-state index is 14.4. The summed E-state index contributed by atoms with van der Waals surface area (Å²) >= 11 is 0. The van der Waals surface area contributed by atoms with Gasteiger partial charge in [-0.1, -0.05) is 157 Å². The second kappa shape index (κ2) is 18.5. The molecular weight excluding hydrogens is 747 g/mol. The van der Waals surface area contributed by atoms with E-state index in [0.717, 1.165) is 33.2 Å². The Bertz CT molecular complexity index is 2460. The van der Waals surface area contributed by atoms with E-state index < -0.39 is 40.5 Å². The van der Waals surface area contributed by atoms with Crippen LogP contribution in [-0.2, 0) is 60.1 Å². The lowest BCUT2D eigenvalue weighted by molar-refractivity contribution is -0.274. The third-order valence-electron chi connectivity index (χ3n) is 10.5. The second-order valence-electron chi connectivity index (χ2n) is 14.6. The molecule has 5 atom stereocenters. The highest BCUT2D eigenvalue weighted by molar-refractivity contribution is 7.90. The van der Waals surface area contributed by atoms with Crippen molar-refractivity contribution < 1.29 is 32.1 Å². The predicted molar refractivity (Wildman–Crippen MR) is 224 cm³/mol. The molecule has 2 unspecified atom stereocenters. The summed E-state index contributed by atoms with van der Waals surface area (Å²) in [5, 5.41) is 0.728. The van der Waals surface area contributed by atoms with Crippen LogP contribution in [0.3, 0.4) is 0 Å². The first-order chi connectivity index (χ1) is 28.4. The Morgan fingerprint density at radius 1 is 0.534 bits per heavy atom. The minimum atomic E-state index is -4.00. The number of aryl methyl sites for hydroxylation is 1. The van der Waals surface area contributed by atoms with E-state index in [1.807, 2.05) is 165 Å². The van der Waals surface area contributed by atoms with Gasteiger partial charge in [0.25, 0.3) is 10.0 Å². The van der Waals surface area contributed by atoms with Crippen molar-refractivity contribution in [3.8, 4) is 0 Å². The number of hydrogen-bond acceptors (Lipinski definition) is 7. The first-order valence-corrected chi connectivity index (χ1v) is 21.0. The normalized spacial score (nSPS) is 19.6. The molecule has 0 aliphatic carbocycles. The average molecular weight is 794 g/mol. The molecule has 0 saturated carbocycles. The highest BCUT2D eigenvalue weighted by Gasteiger charge is 2.50. The summed E-state index contributed by atoms with van der Waals surface area (Å²) in [5.74, 6) is 0. The number of nitrogens with zero attached hydrogens (tertiary/aromatic N) is 1. The van der Waals surface area contributed by atoms with Gasteiger partial charge in [0.05, 0.1) is 43.4 Å².